The summed E-state index contributed by atoms with van der Waals surface area (Å²) >= 11 is 0. The van der Waals surface area contributed by atoms with Crippen molar-refractivity contribution in [2.24, 2.45) is 11.8 Å². The Labute approximate surface area is 86.6 Å². The van der Waals surface area contributed by atoms with Gasteiger partial charge < -0.3 is 0 Å². The van der Waals surface area contributed by atoms with Crippen LogP contribution >= 0.6 is 0 Å². The molecular formula is C13H20O. The summed E-state index contributed by atoms with van der Waals surface area (Å²) < 4.78 is 0. The molecule has 2 aliphatic carbocycles. The summed E-state index contributed by atoms with van der Waals surface area (Å²) in [5, 5.41) is 0. The Balaban J connectivity index is 1.78. The van der Waals surface area contributed by atoms with Crippen molar-refractivity contribution in [1.82, 2.24) is 0 Å². The zero-order valence-corrected chi connectivity index (χ0v) is 9.09. The molecule has 0 saturated heterocycles. The van der Waals surface area contributed by atoms with E-state index in [2.05, 4.69) is 13.0 Å². The molecule has 1 nitrogen and oxygen atoms in total. The van der Waals surface area contributed by atoms with Crippen LogP contribution in [0.3, 0.4) is 0 Å². The Morgan fingerprint density at radius 3 is 2.79 bits per heavy atom. The molecule has 14 heavy (non-hydrogen) atoms. The van der Waals surface area contributed by atoms with Gasteiger partial charge in [0.25, 0.3) is 0 Å². The molecule has 0 heterocycles. The Morgan fingerprint density at radius 1 is 1.43 bits per heavy atom. The van der Waals surface area contributed by atoms with Crippen molar-refractivity contribution in [3.05, 3.63) is 11.6 Å². The highest BCUT2D eigenvalue weighted by Gasteiger charge is 2.23. The van der Waals surface area contributed by atoms with Gasteiger partial charge in [0.2, 0.25) is 0 Å². The average Bonchev–Trinajstić information content (AvgIpc) is 2.99. The second-order valence-corrected chi connectivity index (χ2v) is 5.01. The fraction of sp³-hybridized carbons (Fsp3) is 0.769. The smallest absolute Gasteiger partial charge is 0.158 e. The third kappa shape index (κ3) is 2.70. The van der Waals surface area contributed by atoms with Crippen LogP contribution in [0.2, 0.25) is 0 Å². The molecule has 0 aromatic heterocycles. The van der Waals surface area contributed by atoms with E-state index in [0.717, 1.165) is 43.1 Å². The summed E-state index contributed by atoms with van der Waals surface area (Å²) in [4.78, 5) is 11.8. The maximum atomic E-state index is 11.8. The molecule has 0 aliphatic heterocycles. The molecule has 2 rings (SSSR count). The van der Waals surface area contributed by atoms with Crippen molar-refractivity contribution < 1.29 is 4.79 Å². The van der Waals surface area contributed by atoms with Crippen LogP contribution in [0.5, 0.6) is 0 Å². The summed E-state index contributed by atoms with van der Waals surface area (Å²) in [6, 6.07) is 0. The quantitative estimate of drug-likeness (QED) is 0.666. The minimum atomic E-state index is 0.434. The molecule has 1 atom stereocenters. The summed E-state index contributed by atoms with van der Waals surface area (Å²) in [5.74, 6) is 2.11. The first-order valence-electron chi connectivity index (χ1n) is 5.98. The molecule has 1 saturated carbocycles. The number of ketones is 1. The Hall–Kier alpha value is -0.590. The highest BCUT2D eigenvalue weighted by molar-refractivity contribution is 5.95. The molecule has 1 heteroatoms. The monoisotopic (exact) mass is 192 g/mol. The van der Waals surface area contributed by atoms with Gasteiger partial charge in [-0.25, -0.2) is 0 Å². The van der Waals surface area contributed by atoms with Crippen LogP contribution in [-0.2, 0) is 4.79 Å². The highest BCUT2D eigenvalue weighted by atomic mass is 16.1. The fourth-order valence-electron chi connectivity index (χ4n) is 2.12. The molecule has 78 valence electrons. The number of allylic oxidation sites excluding steroid dienone is 2. The normalized spacial score (nSPS) is 27.2. The van der Waals surface area contributed by atoms with Gasteiger partial charge in [-0.1, -0.05) is 25.8 Å². The largest absolute Gasteiger partial charge is 0.295 e. The number of carbonyl (C=O) groups excluding carboxylic acids is 1. The van der Waals surface area contributed by atoms with E-state index < -0.39 is 0 Å². The van der Waals surface area contributed by atoms with Crippen LogP contribution in [0.4, 0.5) is 0 Å². The van der Waals surface area contributed by atoms with Crippen molar-refractivity contribution in [2.75, 3.05) is 0 Å². The van der Waals surface area contributed by atoms with Gasteiger partial charge in [0.15, 0.2) is 5.78 Å². The number of carbonyl (C=O) groups is 1. The predicted octanol–water partition coefficient (Wildman–Crippen LogP) is 3.49. The van der Waals surface area contributed by atoms with E-state index in [-0.39, 0.29) is 0 Å². The van der Waals surface area contributed by atoms with Crippen LogP contribution < -0.4 is 0 Å². The minimum absolute atomic E-state index is 0.434. The van der Waals surface area contributed by atoms with Gasteiger partial charge in [0, 0.05) is 6.42 Å². The summed E-state index contributed by atoms with van der Waals surface area (Å²) in [7, 11) is 0. The van der Waals surface area contributed by atoms with Crippen molar-refractivity contribution in [3.63, 3.8) is 0 Å². The first-order valence-corrected chi connectivity index (χ1v) is 5.98. The lowest BCUT2D eigenvalue weighted by atomic mass is 9.88. The van der Waals surface area contributed by atoms with Gasteiger partial charge in [0.1, 0.15) is 0 Å². The number of rotatable bonds is 4. The van der Waals surface area contributed by atoms with Crippen molar-refractivity contribution in [1.29, 1.82) is 0 Å². The van der Waals surface area contributed by atoms with Crippen LogP contribution in [0.1, 0.15) is 51.9 Å². The molecular weight excluding hydrogens is 172 g/mol. The lowest BCUT2D eigenvalue weighted by Gasteiger charge is -2.17. The summed E-state index contributed by atoms with van der Waals surface area (Å²) in [5.41, 5.74) is 1.13. The van der Waals surface area contributed by atoms with E-state index in [1.165, 1.54) is 19.3 Å². The molecule has 0 aromatic carbocycles. The lowest BCUT2D eigenvalue weighted by molar-refractivity contribution is -0.116. The highest BCUT2D eigenvalue weighted by Crippen LogP contribution is 2.34. The zero-order chi connectivity index (χ0) is 9.97. The standard InChI is InChI=1S/C13H20O/c1-10-2-7-12(8-3-10)13(14)9-6-11-4-5-11/h7,10-11H,2-6,8-9H2,1H3. The van der Waals surface area contributed by atoms with E-state index in [1.54, 1.807) is 0 Å². The van der Waals surface area contributed by atoms with E-state index in [1.807, 2.05) is 0 Å². The van der Waals surface area contributed by atoms with Crippen LogP contribution in [-0.4, -0.2) is 5.78 Å². The molecule has 0 spiro atoms. The van der Waals surface area contributed by atoms with Crippen LogP contribution in [0.25, 0.3) is 0 Å². The topological polar surface area (TPSA) is 17.1 Å². The molecule has 0 aromatic rings. The molecule has 2 aliphatic rings. The first kappa shape index (κ1) is 9.95. The SMILES string of the molecule is CC1CC=C(C(=O)CCC2CC2)CC1. The van der Waals surface area contributed by atoms with Gasteiger partial charge in [-0.3, -0.25) is 4.79 Å². The van der Waals surface area contributed by atoms with E-state index in [0.29, 0.717) is 5.78 Å². The fourth-order valence-corrected chi connectivity index (χ4v) is 2.12. The number of Topliss-reactive ketones (excluding diaryl/α,β-unsaturated/α-hetero) is 1. The van der Waals surface area contributed by atoms with E-state index >= 15 is 0 Å². The third-order valence-electron chi connectivity index (χ3n) is 3.51. The maximum absolute atomic E-state index is 11.8. The number of hydrogen-bond acceptors (Lipinski definition) is 1. The Morgan fingerprint density at radius 2 is 2.21 bits per heavy atom. The molecule has 0 N–H and O–H groups in total. The lowest BCUT2D eigenvalue weighted by Crippen LogP contribution is -2.09. The van der Waals surface area contributed by atoms with E-state index in [9.17, 15) is 4.79 Å². The molecule has 1 unspecified atom stereocenters. The second-order valence-electron chi connectivity index (χ2n) is 5.01. The van der Waals surface area contributed by atoms with Gasteiger partial charge in [-0.05, 0) is 43.1 Å². The predicted molar refractivity (Wildman–Crippen MR) is 58.1 cm³/mol. The van der Waals surface area contributed by atoms with Crippen molar-refractivity contribution in [2.45, 2.75) is 51.9 Å². The maximum Gasteiger partial charge on any atom is 0.158 e. The molecule has 1 fully saturated rings. The molecule has 0 radical (unpaired) electrons. The minimum Gasteiger partial charge on any atom is -0.295 e. The van der Waals surface area contributed by atoms with Gasteiger partial charge in [-0.15, -0.1) is 0 Å². The number of hydrogen-bond donors (Lipinski definition) is 0. The Bertz CT molecular complexity index is 248. The van der Waals surface area contributed by atoms with E-state index in [4.69, 9.17) is 0 Å². The Kier molecular flexibility index (Phi) is 3.05. The van der Waals surface area contributed by atoms with Crippen molar-refractivity contribution >= 4 is 5.78 Å². The average molecular weight is 192 g/mol. The first-order chi connectivity index (χ1) is 6.75. The molecule has 0 amide bonds. The van der Waals surface area contributed by atoms with Crippen LogP contribution in [0, 0.1) is 11.8 Å². The van der Waals surface area contributed by atoms with Gasteiger partial charge >= 0.3 is 0 Å². The summed E-state index contributed by atoms with van der Waals surface area (Å²) in [6.07, 6.45) is 10.2. The van der Waals surface area contributed by atoms with Gasteiger partial charge in [-0.2, -0.15) is 0 Å². The van der Waals surface area contributed by atoms with Gasteiger partial charge in [0.05, 0.1) is 0 Å². The zero-order valence-electron chi connectivity index (χ0n) is 9.09. The van der Waals surface area contributed by atoms with Crippen molar-refractivity contribution in [3.8, 4) is 0 Å². The summed E-state index contributed by atoms with van der Waals surface area (Å²) in [6.45, 7) is 2.27. The second kappa shape index (κ2) is 4.29. The third-order valence-corrected chi connectivity index (χ3v) is 3.51. The molecule has 0 bridgehead atoms. The van der Waals surface area contributed by atoms with Crippen LogP contribution in [0.15, 0.2) is 11.6 Å².